The van der Waals surface area contributed by atoms with E-state index in [1.165, 1.54) is 12.4 Å². The van der Waals surface area contributed by atoms with E-state index < -0.39 is 11.9 Å². The Labute approximate surface area is 174 Å². The molecular weight excluding hydrogens is 409 g/mol. The first-order chi connectivity index (χ1) is 14.7. The fraction of sp³-hybridized carbons (Fsp3) is 0.150. The van der Waals surface area contributed by atoms with Gasteiger partial charge in [0.15, 0.2) is 11.3 Å². The number of nitrogens with zero attached hydrogens (tertiary/aromatic N) is 7. The number of aromatic nitrogens is 6. The Kier molecular flexibility index (Phi) is 4.90. The summed E-state index contributed by atoms with van der Waals surface area (Å²) in [6.07, 6.45) is 0.0748. The van der Waals surface area contributed by atoms with Crippen LogP contribution >= 0.6 is 0 Å². The molecule has 0 atom stereocenters. The molecule has 31 heavy (non-hydrogen) atoms. The summed E-state index contributed by atoms with van der Waals surface area (Å²) in [5.74, 6) is 0.123. The molecule has 0 spiro atoms. The Hall–Kier alpha value is -4.20. The van der Waals surface area contributed by atoms with Gasteiger partial charge < -0.3 is 5.32 Å². The number of anilines is 2. The molecule has 0 bridgehead atoms. The van der Waals surface area contributed by atoms with Crippen LogP contribution in [0.1, 0.15) is 17.0 Å². The second-order valence-electron chi connectivity index (χ2n) is 6.62. The molecule has 4 rings (SSSR count). The molecule has 0 fully saturated rings. The van der Waals surface area contributed by atoms with E-state index >= 15 is 0 Å². The number of fused-ring (bicyclic) bond motifs is 1. The van der Waals surface area contributed by atoms with Gasteiger partial charge >= 0.3 is 6.18 Å². The predicted octanol–water partition coefficient (Wildman–Crippen LogP) is 4.81. The van der Waals surface area contributed by atoms with Crippen LogP contribution in [0.4, 0.5) is 30.4 Å². The molecule has 4 aromatic heterocycles. The van der Waals surface area contributed by atoms with Crippen LogP contribution in [-0.4, -0.2) is 29.9 Å². The van der Waals surface area contributed by atoms with Gasteiger partial charge in [-0.25, -0.2) is 29.8 Å². The van der Waals surface area contributed by atoms with Crippen LogP contribution < -0.4 is 5.32 Å². The van der Waals surface area contributed by atoms with Crippen molar-refractivity contribution < 1.29 is 13.2 Å². The zero-order valence-electron chi connectivity index (χ0n) is 16.2. The van der Waals surface area contributed by atoms with Crippen molar-refractivity contribution in [1.82, 2.24) is 29.9 Å². The van der Waals surface area contributed by atoms with Gasteiger partial charge in [0, 0.05) is 11.9 Å². The van der Waals surface area contributed by atoms with Crippen molar-refractivity contribution in [2.45, 2.75) is 20.0 Å². The van der Waals surface area contributed by atoms with Crippen LogP contribution in [0, 0.1) is 20.4 Å². The molecule has 0 radical (unpaired) electrons. The van der Waals surface area contributed by atoms with E-state index in [1.807, 2.05) is 6.92 Å². The third kappa shape index (κ3) is 4.09. The molecule has 0 aliphatic heterocycles. The van der Waals surface area contributed by atoms with E-state index in [4.69, 9.17) is 6.57 Å². The van der Waals surface area contributed by atoms with Crippen molar-refractivity contribution in [2.75, 3.05) is 5.32 Å². The number of alkyl halides is 3. The van der Waals surface area contributed by atoms with Crippen LogP contribution in [-0.2, 0) is 6.18 Å². The number of pyridine rings is 2. The van der Waals surface area contributed by atoms with Crippen LogP contribution in [0.5, 0.6) is 0 Å². The molecule has 0 aliphatic carbocycles. The highest BCUT2D eigenvalue weighted by molar-refractivity contribution is 5.88. The molecule has 1 N–H and O–H groups in total. The Morgan fingerprint density at radius 3 is 2.39 bits per heavy atom. The summed E-state index contributed by atoms with van der Waals surface area (Å²) in [6, 6.07) is 3.39. The van der Waals surface area contributed by atoms with E-state index in [2.05, 4.69) is 40.1 Å². The second-order valence-corrected chi connectivity index (χ2v) is 6.62. The highest BCUT2D eigenvalue weighted by Gasteiger charge is 2.32. The van der Waals surface area contributed by atoms with Crippen LogP contribution in [0.15, 0.2) is 36.9 Å². The van der Waals surface area contributed by atoms with Crippen molar-refractivity contribution in [3.8, 4) is 11.4 Å². The van der Waals surface area contributed by atoms with Crippen molar-refractivity contribution in [2.24, 2.45) is 0 Å². The zero-order chi connectivity index (χ0) is 22.2. The smallest absolute Gasteiger partial charge is 0.337 e. The quantitative estimate of drug-likeness (QED) is 0.474. The average molecular weight is 422 g/mol. The van der Waals surface area contributed by atoms with Crippen molar-refractivity contribution >= 4 is 28.4 Å². The average Bonchev–Trinajstić information content (AvgIpc) is 2.72. The lowest BCUT2D eigenvalue weighted by atomic mass is 10.1. The summed E-state index contributed by atoms with van der Waals surface area (Å²) < 4.78 is 38.1. The standard InChI is InChI=1S/C20H13F3N8/c1-10-4-12(24-3)6-27-17(10)14-7-28-18-13(5-11(2)29-19(18)31-14)30-16-9-25-15(8-26-16)20(21,22)23/h4-9H,1-2H3,(H,26,29,30,31). The molecule has 4 aromatic rings. The summed E-state index contributed by atoms with van der Waals surface area (Å²) in [4.78, 5) is 28.2. The molecular formula is C20H13F3N8. The van der Waals surface area contributed by atoms with Crippen molar-refractivity contribution in [1.29, 1.82) is 0 Å². The molecule has 0 unspecified atom stereocenters. The summed E-state index contributed by atoms with van der Waals surface area (Å²) in [7, 11) is 0. The minimum absolute atomic E-state index is 0.123. The molecule has 4 heterocycles. The van der Waals surface area contributed by atoms with Gasteiger partial charge in [-0.2, -0.15) is 13.2 Å². The Bertz CT molecular complexity index is 1330. The van der Waals surface area contributed by atoms with Gasteiger partial charge in [-0.1, -0.05) is 0 Å². The minimum Gasteiger partial charge on any atom is -0.337 e. The van der Waals surface area contributed by atoms with E-state index in [9.17, 15) is 13.2 Å². The van der Waals surface area contributed by atoms with Gasteiger partial charge in [-0.05, 0) is 31.5 Å². The summed E-state index contributed by atoms with van der Waals surface area (Å²) >= 11 is 0. The highest BCUT2D eigenvalue weighted by Crippen LogP contribution is 2.29. The fourth-order valence-electron chi connectivity index (χ4n) is 2.90. The molecule has 0 amide bonds. The number of rotatable bonds is 3. The van der Waals surface area contributed by atoms with Gasteiger partial charge in [-0.3, -0.25) is 4.98 Å². The normalized spacial score (nSPS) is 11.4. The lowest BCUT2D eigenvalue weighted by molar-refractivity contribution is -0.141. The molecule has 0 aromatic carbocycles. The number of halogens is 3. The summed E-state index contributed by atoms with van der Waals surface area (Å²) in [5.41, 5.74) is 3.01. The predicted molar refractivity (Wildman–Crippen MR) is 107 cm³/mol. The molecule has 0 aliphatic rings. The van der Waals surface area contributed by atoms with Crippen molar-refractivity contribution in [3.05, 3.63) is 65.3 Å². The Morgan fingerprint density at radius 1 is 0.935 bits per heavy atom. The first-order valence-electron chi connectivity index (χ1n) is 8.90. The molecule has 8 nitrogen and oxygen atoms in total. The highest BCUT2D eigenvalue weighted by atomic mass is 19.4. The largest absolute Gasteiger partial charge is 0.434 e. The monoisotopic (exact) mass is 422 g/mol. The van der Waals surface area contributed by atoms with Crippen LogP contribution in [0.3, 0.4) is 0 Å². The number of nitrogens with one attached hydrogen (secondary N) is 1. The number of aryl methyl sites for hydroxylation is 2. The topological polar surface area (TPSA) is 93.7 Å². The van der Waals surface area contributed by atoms with Crippen molar-refractivity contribution in [3.63, 3.8) is 0 Å². The van der Waals surface area contributed by atoms with Crippen LogP contribution in [0.25, 0.3) is 27.4 Å². The summed E-state index contributed by atoms with van der Waals surface area (Å²) in [6.45, 7) is 10.7. The zero-order valence-corrected chi connectivity index (χ0v) is 16.2. The Balaban J connectivity index is 1.72. The van der Waals surface area contributed by atoms with Gasteiger partial charge in [0.05, 0.1) is 36.5 Å². The summed E-state index contributed by atoms with van der Waals surface area (Å²) in [5, 5.41) is 2.92. The van der Waals surface area contributed by atoms with Gasteiger partial charge in [0.25, 0.3) is 0 Å². The van der Waals surface area contributed by atoms with Gasteiger partial charge in [0.2, 0.25) is 5.69 Å². The maximum Gasteiger partial charge on any atom is 0.434 e. The minimum atomic E-state index is -4.56. The first kappa shape index (κ1) is 20.1. The Morgan fingerprint density at radius 2 is 1.74 bits per heavy atom. The maximum absolute atomic E-state index is 12.7. The maximum atomic E-state index is 12.7. The van der Waals surface area contributed by atoms with E-state index in [-0.39, 0.29) is 5.82 Å². The van der Waals surface area contributed by atoms with Gasteiger partial charge in [-0.15, -0.1) is 0 Å². The third-order valence-electron chi connectivity index (χ3n) is 4.29. The van der Waals surface area contributed by atoms with E-state index in [0.29, 0.717) is 45.8 Å². The van der Waals surface area contributed by atoms with Crippen LogP contribution in [0.2, 0.25) is 0 Å². The third-order valence-corrected chi connectivity index (χ3v) is 4.29. The SMILES string of the molecule is [C-]#[N+]c1cnc(-c2cnc3c(Nc4cnc(C(F)(F)F)cn4)cc(C)nc3n2)c(C)c1. The second kappa shape index (κ2) is 7.56. The van der Waals surface area contributed by atoms with E-state index in [1.54, 1.807) is 19.1 Å². The number of hydrogen-bond acceptors (Lipinski definition) is 7. The fourth-order valence-corrected chi connectivity index (χ4v) is 2.90. The molecule has 0 saturated heterocycles. The first-order valence-corrected chi connectivity index (χ1v) is 8.90. The lowest BCUT2D eigenvalue weighted by Crippen LogP contribution is -2.09. The lowest BCUT2D eigenvalue weighted by Gasteiger charge is -2.11. The molecule has 154 valence electrons. The molecule has 11 heteroatoms. The van der Waals surface area contributed by atoms with E-state index in [0.717, 1.165) is 11.8 Å². The molecule has 0 saturated carbocycles. The van der Waals surface area contributed by atoms with Gasteiger partial charge in [0.1, 0.15) is 17.0 Å². The number of hydrogen-bond donors (Lipinski definition) is 1.